The molecule has 2 aromatic rings. The molecular weight excluding hydrogens is 348 g/mol. The Morgan fingerprint density at radius 2 is 1.21 bits per heavy atom. The van der Waals surface area contributed by atoms with E-state index in [2.05, 4.69) is 0 Å². The average Bonchev–Trinajstić information content (AvgIpc) is 2.75. The second-order valence-electron chi connectivity index (χ2n) is 8.63. The van der Waals surface area contributed by atoms with Gasteiger partial charge in [0, 0.05) is 5.56 Å². The van der Waals surface area contributed by atoms with Gasteiger partial charge in [-0.3, -0.25) is 4.79 Å². The smallest absolute Gasteiger partial charge is 0.195 e. The summed E-state index contributed by atoms with van der Waals surface area (Å²) in [5, 5.41) is 24.2. The fourth-order valence-corrected chi connectivity index (χ4v) is 5.88. The van der Waals surface area contributed by atoms with Gasteiger partial charge in [0.1, 0.15) is 5.60 Å². The molecule has 0 aliphatic heterocycles. The quantitative estimate of drug-likeness (QED) is 0.751. The summed E-state index contributed by atoms with van der Waals surface area (Å²) in [6.07, 6.45) is 6.93. The minimum absolute atomic E-state index is 0.254. The van der Waals surface area contributed by atoms with E-state index in [0.717, 1.165) is 37.7 Å². The Balaban J connectivity index is 1.93. The first-order valence-electron chi connectivity index (χ1n) is 10.6. The molecule has 0 aromatic heterocycles. The lowest BCUT2D eigenvalue weighted by Crippen LogP contribution is -2.69. The molecule has 0 amide bonds. The van der Waals surface area contributed by atoms with Crippen LogP contribution in [0.2, 0.25) is 0 Å². The zero-order valence-corrected chi connectivity index (χ0v) is 16.4. The van der Waals surface area contributed by atoms with Crippen molar-refractivity contribution in [2.75, 3.05) is 0 Å². The molecule has 2 N–H and O–H groups in total. The van der Waals surface area contributed by atoms with E-state index >= 15 is 0 Å². The second kappa shape index (κ2) is 7.46. The summed E-state index contributed by atoms with van der Waals surface area (Å²) in [5.41, 5.74) is -2.25. The van der Waals surface area contributed by atoms with Gasteiger partial charge in [-0.15, -0.1) is 0 Å². The first kappa shape index (κ1) is 19.4. The van der Waals surface area contributed by atoms with Crippen LogP contribution in [-0.4, -0.2) is 27.2 Å². The molecule has 0 bridgehead atoms. The molecule has 2 aliphatic rings. The lowest BCUT2D eigenvalue weighted by Gasteiger charge is -2.59. The summed E-state index contributed by atoms with van der Waals surface area (Å²) in [6.45, 7) is 0. The van der Waals surface area contributed by atoms with Crippen LogP contribution >= 0.6 is 0 Å². The highest BCUT2D eigenvalue weighted by Crippen LogP contribution is 2.58. The average molecular weight is 379 g/mol. The maximum atomic E-state index is 13.7. The third kappa shape index (κ3) is 2.84. The maximum absolute atomic E-state index is 13.7. The van der Waals surface area contributed by atoms with Crippen LogP contribution in [0.15, 0.2) is 60.7 Å². The van der Waals surface area contributed by atoms with E-state index in [1.807, 2.05) is 48.5 Å². The van der Waals surface area contributed by atoms with E-state index in [9.17, 15) is 15.0 Å². The van der Waals surface area contributed by atoms with Gasteiger partial charge < -0.3 is 10.2 Å². The number of benzene rings is 2. The van der Waals surface area contributed by atoms with Crippen LogP contribution in [-0.2, 0) is 5.41 Å². The van der Waals surface area contributed by atoms with Crippen molar-refractivity contribution in [1.29, 1.82) is 0 Å². The van der Waals surface area contributed by atoms with Gasteiger partial charge in [0.15, 0.2) is 5.78 Å². The minimum atomic E-state index is -1.61. The third-order valence-electron chi connectivity index (χ3n) is 7.20. The van der Waals surface area contributed by atoms with Gasteiger partial charge >= 0.3 is 0 Å². The SMILES string of the molecule is O=C(c1ccccc1)C1(O)CCCCC1(c1ccccc1)C1(O)CCCCC1. The van der Waals surface area contributed by atoms with E-state index in [1.165, 1.54) is 0 Å². The van der Waals surface area contributed by atoms with E-state index in [1.54, 1.807) is 12.1 Å². The molecule has 3 heteroatoms. The normalized spacial score (nSPS) is 29.9. The van der Waals surface area contributed by atoms with Gasteiger partial charge in [-0.2, -0.15) is 0 Å². The molecule has 2 saturated carbocycles. The molecule has 0 heterocycles. The largest absolute Gasteiger partial charge is 0.389 e. The van der Waals surface area contributed by atoms with Gasteiger partial charge in [0.25, 0.3) is 0 Å². The van der Waals surface area contributed by atoms with E-state index in [0.29, 0.717) is 31.2 Å². The predicted octanol–water partition coefficient (Wildman–Crippen LogP) is 4.81. The molecule has 2 fully saturated rings. The van der Waals surface area contributed by atoms with Crippen molar-refractivity contribution in [3.63, 3.8) is 0 Å². The molecule has 2 unspecified atom stereocenters. The van der Waals surface area contributed by atoms with Crippen molar-refractivity contribution in [2.24, 2.45) is 0 Å². The van der Waals surface area contributed by atoms with Crippen molar-refractivity contribution in [3.05, 3.63) is 71.8 Å². The molecule has 2 atom stereocenters. The molecule has 2 aliphatic carbocycles. The van der Waals surface area contributed by atoms with Crippen LogP contribution in [0, 0.1) is 0 Å². The molecule has 0 spiro atoms. The number of hydrogen-bond donors (Lipinski definition) is 2. The molecule has 2 aromatic carbocycles. The van der Waals surface area contributed by atoms with Crippen LogP contribution in [0.4, 0.5) is 0 Å². The Morgan fingerprint density at radius 3 is 1.86 bits per heavy atom. The maximum Gasteiger partial charge on any atom is 0.195 e. The number of carbonyl (C=O) groups is 1. The van der Waals surface area contributed by atoms with Crippen molar-refractivity contribution >= 4 is 5.78 Å². The van der Waals surface area contributed by atoms with Crippen LogP contribution in [0.1, 0.15) is 73.7 Å². The van der Waals surface area contributed by atoms with Crippen LogP contribution in [0.5, 0.6) is 0 Å². The summed E-state index contributed by atoms with van der Waals surface area (Å²) >= 11 is 0. The number of carbonyl (C=O) groups excluding carboxylic acids is 1. The number of Topliss-reactive ketones (excluding diaryl/α,β-unsaturated/α-hetero) is 1. The summed E-state index contributed by atoms with van der Waals surface area (Å²) in [4.78, 5) is 13.7. The first-order valence-corrected chi connectivity index (χ1v) is 10.6. The van der Waals surface area contributed by atoms with Crippen molar-refractivity contribution in [1.82, 2.24) is 0 Å². The first-order chi connectivity index (χ1) is 13.5. The Labute approximate surface area is 167 Å². The molecule has 3 nitrogen and oxygen atoms in total. The van der Waals surface area contributed by atoms with Crippen LogP contribution in [0.25, 0.3) is 0 Å². The fraction of sp³-hybridized carbons (Fsp3) is 0.480. The third-order valence-corrected chi connectivity index (χ3v) is 7.20. The van der Waals surface area contributed by atoms with E-state index in [-0.39, 0.29) is 5.78 Å². The van der Waals surface area contributed by atoms with Gasteiger partial charge in [0.05, 0.1) is 11.0 Å². The highest BCUT2D eigenvalue weighted by Gasteiger charge is 2.66. The number of rotatable bonds is 4. The van der Waals surface area contributed by atoms with Gasteiger partial charge in [-0.05, 0) is 31.2 Å². The molecular formula is C25H30O3. The zero-order chi connectivity index (χ0) is 19.7. The number of aliphatic hydroxyl groups is 2. The summed E-state index contributed by atoms with van der Waals surface area (Å²) in [7, 11) is 0. The summed E-state index contributed by atoms with van der Waals surface area (Å²) in [5.74, 6) is -0.254. The summed E-state index contributed by atoms with van der Waals surface area (Å²) in [6, 6.07) is 18.9. The Morgan fingerprint density at radius 1 is 0.679 bits per heavy atom. The molecule has 148 valence electrons. The molecule has 0 radical (unpaired) electrons. The van der Waals surface area contributed by atoms with Gasteiger partial charge in [-0.1, -0.05) is 92.8 Å². The van der Waals surface area contributed by atoms with E-state index in [4.69, 9.17) is 0 Å². The van der Waals surface area contributed by atoms with E-state index < -0.39 is 16.6 Å². The highest BCUT2D eigenvalue weighted by atomic mass is 16.3. The standard InChI is InChI=1S/C25H30O3/c26-22(20-12-4-1-5-13-20)25(28)19-11-10-18-24(25,21-14-6-2-7-15-21)23(27)16-8-3-9-17-23/h1-2,4-7,12-15,27-28H,3,8-11,16-19H2. The van der Waals surface area contributed by atoms with Crippen LogP contribution < -0.4 is 0 Å². The zero-order valence-electron chi connectivity index (χ0n) is 16.4. The van der Waals surface area contributed by atoms with Crippen molar-refractivity contribution in [2.45, 2.75) is 74.4 Å². The van der Waals surface area contributed by atoms with Crippen LogP contribution in [0.3, 0.4) is 0 Å². The number of ketones is 1. The van der Waals surface area contributed by atoms with Gasteiger partial charge in [0.2, 0.25) is 0 Å². The molecule has 0 saturated heterocycles. The van der Waals surface area contributed by atoms with Crippen molar-refractivity contribution in [3.8, 4) is 0 Å². The summed E-state index contributed by atoms with van der Waals surface area (Å²) < 4.78 is 0. The Hall–Kier alpha value is -1.97. The minimum Gasteiger partial charge on any atom is -0.389 e. The second-order valence-corrected chi connectivity index (χ2v) is 8.63. The van der Waals surface area contributed by atoms with Gasteiger partial charge in [-0.25, -0.2) is 0 Å². The fourth-order valence-electron chi connectivity index (χ4n) is 5.88. The van der Waals surface area contributed by atoms with Crippen molar-refractivity contribution < 1.29 is 15.0 Å². The highest BCUT2D eigenvalue weighted by molar-refractivity contribution is 6.04. The Bertz CT molecular complexity index is 810. The lowest BCUT2D eigenvalue weighted by atomic mass is 9.48. The molecule has 28 heavy (non-hydrogen) atoms. The predicted molar refractivity (Wildman–Crippen MR) is 110 cm³/mol. The Kier molecular flexibility index (Phi) is 5.15. The topological polar surface area (TPSA) is 57.5 Å². The number of hydrogen-bond acceptors (Lipinski definition) is 3. The lowest BCUT2D eigenvalue weighted by molar-refractivity contribution is -0.162. The molecule has 4 rings (SSSR count). The monoisotopic (exact) mass is 378 g/mol.